The summed E-state index contributed by atoms with van der Waals surface area (Å²) in [6.45, 7) is 2.08. The van der Waals surface area contributed by atoms with E-state index < -0.39 is 0 Å². The largest absolute Gasteiger partial charge is 0.244 e. The maximum absolute atomic E-state index is 3.98. The lowest BCUT2D eigenvalue weighted by molar-refractivity contribution is 1.17. The summed E-state index contributed by atoms with van der Waals surface area (Å²) in [5.41, 5.74) is 2.32. The van der Waals surface area contributed by atoms with Crippen molar-refractivity contribution in [2.24, 2.45) is 0 Å². The van der Waals surface area contributed by atoms with Gasteiger partial charge in [0.15, 0.2) is 0 Å². The second-order valence-electron chi connectivity index (χ2n) is 2.69. The van der Waals surface area contributed by atoms with Crippen LogP contribution in [0.1, 0.15) is 5.56 Å². The van der Waals surface area contributed by atoms with Gasteiger partial charge in [0.05, 0.1) is 3.79 Å². The molecule has 0 aliphatic carbocycles. The van der Waals surface area contributed by atoms with E-state index in [1.165, 1.54) is 14.2 Å². The molecule has 2 aromatic heterocycles. The minimum Gasteiger partial charge on any atom is -0.244 e. The SMILES string of the molecule is Cc1cc(-c2cncnc2)sc1Br. The zero-order valence-electron chi connectivity index (χ0n) is 6.99. The molecule has 0 bridgehead atoms. The molecule has 0 fully saturated rings. The molecule has 2 heterocycles. The minimum atomic E-state index is 1.07. The summed E-state index contributed by atoms with van der Waals surface area (Å²) in [5.74, 6) is 0. The van der Waals surface area contributed by atoms with E-state index in [0.29, 0.717) is 0 Å². The highest BCUT2D eigenvalue weighted by molar-refractivity contribution is 9.11. The van der Waals surface area contributed by atoms with Crippen LogP contribution in [0.15, 0.2) is 28.6 Å². The van der Waals surface area contributed by atoms with Gasteiger partial charge in [-0.05, 0) is 34.5 Å². The van der Waals surface area contributed by atoms with Gasteiger partial charge in [0.1, 0.15) is 6.33 Å². The normalized spacial score (nSPS) is 10.3. The Morgan fingerprint density at radius 1 is 1.31 bits per heavy atom. The Morgan fingerprint density at radius 3 is 2.54 bits per heavy atom. The van der Waals surface area contributed by atoms with E-state index in [1.54, 1.807) is 17.7 Å². The molecule has 0 unspecified atom stereocenters. The summed E-state index contributed by atoms with van der Waals surface area (Å²) < 4.78 is 1.17. The van der Waals surface area contributed by atoms with Gasteiger partial charge in [-0.15, -0.1) is 11.3 Å². The van der Waals surface area contributed by atoms with Gasteiger partial charge < -0.3 is 0 Å². The average molecular weight is 255 g/mol. The number of aromatic nitrogens is 2. The number of hydrogen-bond acceptors (Lipinski definition) is 3. The quantitative estimate of drug-likeness (QED) is 0.781. The van der Waals surface area contributed by atoms with Crippen LogP contribution >= 0.6 is 27.3 Å². The third-order valence-electron chi connectivity index (χ3n) is 1.70. The Balaban J connectivity index is 2.48. The monoisotopic (exact) mass is 254 g/mol. The highest BCUT2D eigenvalue weighted by Gasteiger charge is 2.04. The molecule has 2 nitrogen and oxygen atoms in total. The van der Waals surface area contributed by atoms with Gasteiger partial charge in [-0.2, -0.15) is 0 Å². The summed E-state index contributed by atoms with van der Waals surface area (Å²) in [4.78, 5) is 9.16. The second-order valence-corrected chi connectivity index (χ2v) is 5.06. The molecule has 0 radical (unpaired) electrons. The van der Waals surface area contributed by atoms with Crippen molar-refractivity contribution in [1.82, 2.24) is 9.97 Å². The summed E-state index contributed by atoms with van der Waals surface area (Å²) in [6.07, 6.45) is 5.19. The first kappa shape index (κ1) is 8.84. The van der Waals surface area contributed by atoms with Gasteiger partial charge in [0, 0.05) is 22.8 Å². The molecule has 2 aromatic rings. The number of hydrogen-bond donors (Lipinski definition) is 0. The maximum Gasteiger partial charge on any atom is 0.115 e. The summed E-state index contributed by atoms with van der Waals surface area (Å²) >= 11 is 5.20. The fraction of sp³-hybridized carbons (Fsp3) is 0.111. The van der Waals surface area contributed by atoms with Crippen LogP contribution in [0.4, 0.5) is 0 Å². The van der Waals surface area contributed by atoms with Crippen molar-refractivity contribution in [1.29, 1.82) is 0 Å². The van der Waals surface area contributed by atoms with Crippen LogP contribution in [0.3, 0.4) is 0 Å². The zero-order chi connectivity index (χ0) is 9.26. The standard InChI is InChI=1S/C9H7BrN2S/c1-6-2-8(13-9(6)10)7-3-11-5-12-4-7/h2-5H,1H3. The van der Waals surface area contributed by atoms with E-state index in [9.17, 15) is 0 Å². The molecule has 0 N–H and O–H groups in total. The first-order chi connectivity index (χ1) is 6.27. The molecule has 0 spiro atoms. The van der Waals surface area contributed by atoms with Crippen molar-refractivity contribution in [2.45, 2.75) is 6.92 Å². The minimum absolute atomic E-state index is 1.07. The Hall–Kier alpha value is -0.740. The molecule has 2 rings (SSSR count). The van der Waals surface area contributed by atoms with Crippen LogP contribution in [0.25, 0.3) is 10.4 Å². The Morgan fingerprint density at radius 2 is 2.00 bits per heavy atom. The molecule has 0 aliphatic rings. The van der Waals surface area contributed by atoms with Crippen molar-refractivity contribution in [3.05, 3.63) is 34.1 Å². The molecule has 0 aromatic carbocycles. The van der Waals surface area contributed by atoms with Crippen LogP contribution in [-0.4, -0.2) is 9.97 Å². The van der Waals surface area contributed by atoms with Crippen molar-refractivity contribution in [2.75, 3.05) is 0 Å². The highest BCUT2D eigenvalue weighted by atomic mass is 79.9. The topological polar surface area (TPSA) is 25.8 Å². The highest BCUT2D eigenvalue weighted by Crippen LogP contribution is 2.33. The predicted octanol–water partition coefficient (Wildman–Crippen LogP) is 3.28. The first-order valence-electron chi connectivity index (χ1n) is 3.78. The lowest BCUT2D eigenvalue weighted by Crippen LogP contribution is -1.77. The van der Waals surface area contributed by atoms with E-state index in [1.807, 2.05) is 12.4 Å². The van der Waals surface area contributed by atoms with Gasteiger partial charge in [-0.3, -0.25) is 0 Å². The number of thiophene rings is 1. The zero-order valence-corrected chi connectivity index (χ0v) is 9.39. The molecule has 0 amide bonds. The smallest absolute Gasteiger partial charge is 0.115 e. The van der Waals surface area contributed by atoms with E-state index in [0.717, 1.165) is 5.56 Å². The lowest BCUT2D eigenvalue weighted by Gasteiger charge is -1.92. The van der Waals surface area contributed by atoms with Gasteiger partial charge in [0.25, 0.3) is 0 Å². The van der Waals surface area contributed by atoms with Crippen molar-refractivity contribution >= 4 is 27.3 Å². The Kier molecular flexibility index (Phi) is 2.42. The van der Waals surface area contributed by atoms with Gasteiger partial charge >= 0.3 is 0 Å². The van der Waals surface area contributed by atoms with E-state index >= 15 is 0 Å². The number of aryl methyl sites for hydroxylation is 1. The molecule has 66 valence electrons. The average Bonchev–Trinajstić information content (AvgIpc) is 2.49. The molecule has 0 atom stereocenters. The molecule has 13 heavy (non-hydrogen) atoms. The predicted molar refractivity (Wildman–Crippen MR) is 57.8 cm³/mol. The Labute approximate surface area is 88.8 Å². The van der Waals surface area contributed by atoms with Crippen molar-refractivity contribution in [3.63, 3.8) is 0 Å². The van der Waals surface area contributed by atoms with Crippen molar-refractivity contribution in [3.8, 4) is 10.4 Å². The van der Waals surface area contributed by atoms with E-state index in [-0.39, 0.29) is 0 Å². The summed E-state index contributed by atoms with van der Waals surface area (Å²) in [6, 6.07) is 2.13. The molecule has 0 saturated carbocycles. The third kappa shape index (κ3) is 1.78. The molecule has 0 saturated heterocycles. The lowest BCUT2D eigenvalue weighted by atomic mass is 10.2. The number of halogens is 1. The van der Waals surface area contributed by atoms with Crippen LogP contribution in [-0.2, 0) is 0 Å². The molecular formula is C9H7BrN2S. The summed E-state index contributed by atoms with van der Waals surface area (Å²) in [7, 11) is 0. The first-order valence-corrected chi connectivity index (χ1v) is 5.39. The Bertz CT molecular complexity index is 391. The van der Waals surface area contributed by atoms with Crippen LogP contribution in [0.2, 0.25) is 0 Å². The molecule has 4 heteroatoms. The van der Waals surface area contributed by atoms with Gasteiger partial charge in [-0.1, -0.05) is 0 Å². The molecule has 0 aliphatic heterocycles. The van der Waals surface area contributed by atoms with Gasteiger partial charge in [-0.25, -0.2) is 9.97 Å². The van der Waals surface area contributed by atoms with Crippen molar-refractivity contribution < 1.29 is 0 Å². The molecular weight excluding hydrogens is 248 g/mol. The second kappa shape index (κ2) is 3.55. The van der Waals surface area contributed by atoms with E-state index in [2.05, 4.69) is 38.9 Å². The van der Waals surface area contributed by atoms with Gasteiger partial charge in [0.2, 0.25) is 0 Å². The fourth-order valence-electron chi connectivity index (χ4n) is 1.03. The van der Waals surface area contributed by atoms with Crippen LogP contribution < -0.4 is 0 Å². The third-order valence-corrected chi connectivity index (χ3v) is 3.89. The van der Waals surface area contributed by atoms with E-state index in [4.69, 9.17) is 0 Å². The number of nitrogens with zero attached hydrogens (tertiary/aromatic N) is 2. The fourth-order valence-corrected chi connectivity index (χ4v) is 2.54. The number of rotatable bonds is 1. The summed E-state index contributed by atoms with van der Waals surface area (Å²) in [5, 5.41) is 0. The maximum atomic E-state index is 3.98. The van der Waals surface area contributed by atoms with Crippen LogP contribution in [0.5, 0.6) is 0 Å². The van der Waals surface area contributed by atoms with Crippen LogP contribution in [0, 0.1) is 6.92 Å².